The molecular formula is C23H31NO2P2. The predicted octanol–water partition coefficient (Wildman–Crippen LogP) is 5.66. The molecule has 1 heterocycles. The second-order valence-corrected chi connectivity index (χ2v) is 7.82. The summed E-state index contributed by atoms with van der Waals surface area (Å²) in [6.45, 7) is 17.7. The standard InChI is InChI=1S/C23H31NO2P2/c1-6-9-12-20(11-8-3)18(4)13-14-19(10-7-2)15-21-16-23(5,17-26-28)22(25)24(21)27/h6-14,21H,1-4,15-17,27-28H2,5H3/b12-9-,14-13-,19-10+,20-11+/t21-,23+/m1/s1. The van der Waals surface area contributed by atoms with Crippen LogP contribution in [0.15, 0.2) is 97.7 Å². The zero-order valence-corrected chi connectivity index (χ0v) is 19.0. The van der Waals surface area contributed by atoms with Crippen molar-refractivity contribution in [2.75, 3.05) is 6.61 Å². The van der Waals surface area contributed by atoms with E-state index in [4.69, 9.17) is 4.52 Å². The molecular weight excluding hydrogens is 384 g/mol. The zero-order chi connectivity index (χ0) is 21.2. The first-order valence-electron chi connectivity index (χ1n) is 9.03. The maximum atomic E-state index is 12.6. The molecule has 150 valence electrons. The van der Waals surface area contributed by atoms with Gasteiger partial charge in [-0.2, -0.15) is 0 Å². The fraction of sp³-hybridized carbons (Fsp3) is 0.261. The summed E-state index contributed by atoms with van der Waals surface area (Å²) in [4.78, 5) is 12.6. The molecule has 1 amide bonds. The molecule has 0 aromatic carbocycles. The number of carbonyl (C=O) groups excluding carboxylic acids is 1. The van der Waals surface area contributed by atoms with Crippen molar-refractivity contribution >= 4 is 24.8 Å². The van der Waals surface area contributed by atoms with Gasteiger partial charge in [0.25, 0.3) is 0 Å². The Hall–Kier alpha value is -1.79. The molecule has 1 aliphatic rings. The monoisotopic (exact) mass is 415 g/mol. The number of hydrogen-bond donors (Lipinski definition) is 0. The molecule has 2 unspecified atom stereocenters. The SMILES string of the molecule is C=C/C=C\C(=C/C=C)C(=C)/C=C\C(=C/C=C)C[C@@H]1C[C@@](C)(COP)C(=O)N1P. The van der Waals surface area contributed by atoms with Gasteiger partial charge in [0, 0.05) is 15.5 Å². The highest BCUT2D eigenvalue weighted by Gasteiger charge is 2.46. The topological polar surface area (TPSA) is 29.5 Å². The first-order chi connectivity index (χ1) is 13.3. The summed E-state index contributed by atoms with van der Waals surface area (Å²) in [7, 11) is 4.79. The largest absolute Gasteiger partial charge is 0.365 e. The summed E-state index contributed by atoms with van der Waals surface area (Å²) in [5.41, 5.74) is 2.39. The van der Waals surface area contributed by atoms with E-state index in [0.717, 1.165) is 29.6 Å². The first kappa shape index (κ1) is 24.2. The second kappa shape index (κ2) is 11.9. The maximum absolute atomic E-state index is 12.6. The summed E-state index contributed by atoms with van der Waals surface area (Å²) in [5, 5.41) is 0. The quantitative estimate of drug-likeness (QED) is 0.322. The lowest BCUT2D eigenvalue weighted by Crippen LogP contribution is -2.31. The summed E-state index contributed by atoms with van der Waals surface area (Å²) in [6, 6.07) is 0.0793. The Morgan fingerprint density at radius 1 is 1.21 bits per heavy atom. The van der Waals surface area contributed by atoms with Crippen molar-refractivity contribution in [3.8, 4) is 0 Å². The van der Waals surface area contributed by atoms with Crippen molar-refractivity contribution in [2.45, 2.75) is 25.8 Å². The van der Waals surface area contributed by atoms with E-state index in [2.05, 4.69) is 45.2 Å². The second-order valence-electron chi connectivity index (χ2n) is 6.93. The highest BCUT2D eigenvalue weighted by atomic mass is 31.0. The number of nitrogens with zero attached hydrogens (tertiary/aromatic N) is 1. The average Bonchev–Trinajstić information content (AvgIpc) is 2.87. The van der Waals surface area contributed by atoms with Gasteiger partial charge in [-0.15, -0.1) is 0 Å². The highest BCUT2D eigenvalue weighted by Crippen LogP contribution is 2.41. The van der Waals surface area contributed by atoms with E-state index in [0.29, 0.717) is 6.61 Å². The van der Waals surface area contributed by atoms with E-state index in [1.807, 2.05) is 43.4 Å². The summed E-state index contributed by atoms with van der Waals surface area (Å²) < 4.78 is 6.93. The third-order valence-corrected chi connectivity index (χ3v) is 5.44. The molecule has 0 N–H and O–H groups in total. The van der Waals surface area contributed by atoms with Crippen molar-refractivity contribution in [3.05, 3.63) is 97.7 Å². The van der Waals surface area contributed by atoms with Gasteiger partial charge >= 0.3 is 0 Å². The first-order valence-corrected chi connectivity index (χ1v) is 10.0. The van der Waals surface area contributed by atoms with Crippen molar-refractivity contribution in [1.29, 1.82) is 0 Å². The third-order valence-electron chi connectivity index (χ3n) is 4.61. The van der Waals surface area contributed by atoms with Crippen molar-refractivity contribution in [3.63, 3.8) is 0 Å². The van der Waals surface area contributed by atoms with Crippen LogP contribution < -0.4 is 0 Å². The molecule has 0 saturated carbocycles. The summed E-state index contributed by atoms with van der Waals surface area (Å²) in [5.74, 6) is 0.0852. The Balaban J connectivity index is 2.96. The van der Waals surface area contributed by atoms with Gasteiger partial charge in [-0.3, -0.25) is 4.79 Å². The van der Waals surface area contributed by atoms with Gasteiger partial charge in [-0.25, -0.2) is 0 Å². The van der Waals surface area contributed by atoms with E-state index in [1.54, 1.807) is 22.9 Å². The van der Waals surface area contributed by atoms with Gasteiger partial charge in [0.1, 0.15) is 0 Å². The van der Waals surface area contributed by atoms with Crippen LogP contribution in [0.2, 0.25) is 0 Å². The molecule has 0 radical (unpaired) electrons. The van der Waals surface area contributed by atoms with Crippen LogP contribution in [0.3, 0.4) is 0 Å². The van der Waals surface area contributed by atoms with Crippen LogP contribution >= 0.6 is 18.9 Å². The molecule has 1 aliphatic heterocycles. The lowest BCUT2D eigenvalue weighted by molar-refractivity contribution is -0.132. The number of hydrogen-bond acceptors (Lipinski definition) is 2. The number of amides is 1. The molecule has 1 saturated heterocycles. The van der Waals surface area contributed by atoms with Crippen LogP contribution in [-0.2, 0) is 9.32 Å². The molecule has 3 nitrogen and oxygen atoms in total. The molecule has 5 heteroatoms. The Labute approximate surface area is 174 Å². The number of rotatable bonds is 11. The third kappa shape index (κ3) is 6.67. The Morgan fingerprint density at radius 3 is 2.46 bits per heavy atom. The zero-order valence-electron chi connectivity index (χ0n) is 16.6. The Morgan fingerprint density at radius 2 is 1.89 bits per heavy atom. The van der Waals surface area contributed by atoms with E-state index in [9.17, 15) is 4.79 Å². The molecule has 0 aliphatic carbocycles. The molecule has 1 rings (SSSR count). The van der Waals surface area contributed by atoms with Gasteiger partial charge in [0.2, 0.25) is 5.91 Å². The summed E-state index contributed by atoms with van der Waals surface area (Å²) in [6.07, 6.45) is 18.3. The van der Waals surface area contributed by atoms with Gasteiger partial charge in [-0.1, -0.05) is 81.0 Å². The Bertz CT molecular complexity index is 746. The highest BCUT2D eigenvalue weighted by molar-refractivity contribution is 7.14. The van der Waals surface area contributed by atoms with Gasteiger partial charge in [-0.05, 0) is 45.9 Å². The molecule has 0 aromatic rings. The Kier molecular flexibility index (Phi) is 10.3. The molecule has 4 atom stereocenters. The average molecular weight is 415 g/mol. The minimum atomic E-state index is -0.504. The fourth-order valence-electron chi connectivity index (χ4n) is 3.15. The number of allylic oxidation sites excluding steroid dienone is 11. The van der Waals surface area contributed by atoms with Crippen molar-refractivity contribution < 1.29 is 9.32 Å². The van der Waals surface area contributed by atoms with E-state index < -0.39 is 5.41 Å². The van der Waals surface area contributed by atoms with Crippen LogP contribution in [0.25, 0.3) is 0 Å². The van der Waals surface area contributed by atoms with E-state index in [1.165, 1.54) is 0 Å². The van der Waals surface area contributed by atoms with E-state index in [-0.39, 0.29) is 11.9 Å². The van der Waals surface area contributed by atoms with Crippen LogP contribution in [0.1, 0.15) is 19.8 Å². The molecule has 0 spiro atoms. The minimum Gasteiger partial charge on any atom is -0.365 e. The van der Waals surface area contributed by atoms with Crippen LogP contribution in [0.5, 0.6) is 0 Å². The molecule has 0 aromatic heterocycles. The summed E-state index contributed by atoms with van der Waals surface area (Å²) >= 11 is 0. The lowest BCUT2D eigenvalue weighted by atomic mass is 9.86. The fourth-order valence-corrected chi connectivity index (χ4v) is 4.04. The smallest absolute Gasteiger partial charge is 0.234 e. The predicted molar refractivity (Wildman–Crippen MR) is 128 cm³/mol. The molecule has 28 heavy (non-hydrogen) atoms. The molecule has 1 fully saturated rings. The lowest BCUT2D eigenvalue weighted by Gasteiger charge is -2.20. The van der Waals surface area contributed by atoms with Gasteiger partial charge < -0.3 is 9.19 Å². The van der Waals surface area contributed by atoms with E-state index >= 15 is 0 Å². The van der Waals surface area contributed by atoms with Crippen LogP contribution in [0.4, 0.5) is 0 Å². The molecule has 0 bridgehead atoms. The van der Waals surface area contributed by atoms with Crippen LogP contribution in [0, 0.1) is 5.41 Å². The van der Waals surface area contributed by atoms with Gasteiger partial charge in [0.05, 0.1) is 12.0 Å². The van der Waals surface area contributed by atoms with Crippen molar-refractivity contribution in [1.82, 2.24) is 4.67 Å². The minimum absolute atomic E-state index is 0.0793. The number of carbonyl (C=O) groups is 1. The van der Waals surface area contributed by atoms with Crippen LogP contribution in [-0.4, -0.2) is 23.2 Å². The van der Waals surface area contributed by atoms with Gasteiger partial charge in [0.15, 0.2) is 0 Å². The van der Waals surface area contributed by atoms with Crippen molar-refractivity contribution in [2.24, 2.45) is 5.41 Å². The maximum Gasteiger partial charge on any atom is 0.234 e. The normalized spacial score (nSPS) is 23.6.